The number of nitrogens with zero attached hydrogens (tertiary/aromatic N) is 3. The predicted octanol–water partition coefficient (Wildman–Crippen LogP) is 1.08. The zero-order valence-electron chi connectivity index (χ0n) is 14.2. The number of benzene rings is 1. The van der Waals surface area contributed by atoms with Crippen molar-refractivity contribution in [1.82, 2.24) is 20.3 Å². The average Bonchev–Trinajstić information content (AvgIpc) is 2.99. The normalized spacial score (nSPS) is 17.3. The van der Waals surface area contributed by atoms with Crippen LogP contribution in [0.2, 0.25) is 0 Å². The standard InChI is InChI=1S/C17H18N4O5/c1-10-14(15(22)18-17(16(23)24)5-2-6-17)19-20-21(10)11-3-4-12-13(9-11)26-8-7-25-12/h3-4,9H,2,5-8H2,1H3,(H,18,22)(H,23,24). The highest BCUT2D eigenvalue weighted by Crippen LogP contribution is 2.33. The highest BCUT2D eigenvalue weighted by Gasteiger charge is 2.46. The first-order valence-corrected chi connectivity index (χ1v) is 8.38. The van der Waals surface area contributed by atoms with Gasteiger partial charge in [0.25, 0.3) is 5.91 Å². The van der Waals surface area contributed by atoms with Crippen molar-refractivity contribution in [2.24, 2.45) is 0 Å². The molecule has 9 nitrogen and oxygen atoms in total. The van der Waals surface area contributed by atoms with E-state index in [0.717, 1.165) is 6.42 Å². The maximum atomic E-state index is 12.5. The number of amides is 1. The Morgan fingerprint density at radius 2 is 1.96 bits per heavy atom. The third kappa shape index (κ3) is 2.56. The highest BCUT2D eigenvalue weighted by molar-refractivity contribution is 5.97. The molecule has 0 saturated heterocycles. The smallest absolute Gasteiger partial charge is 0.329 e. The molecule has 1 fully saturated rings. The molecule has 1 amide bonds. The Labute approximate surface area is 148 Å². The lowest BCUT2D eigenvalue weighted by Gasteiger charge is -2.37. The summed E-state index contributed by atoms with van der Waals surface area (Å²) in [6.45, 7) is 2.68. The zero-order valence-corrected chi connectivity index (χ0v) is 14.2. The minimum atomic E-state index is -1.19. The van der Waals surface area contributed by atoms with Crippen LogP contribution in [0.3, 0.4) is 0 Å². The number of rotatable bonds is 4. The topological polar surface area (TPSA) is 116 Å². The molecule has 1 aliphatic carbocycles. The Bertz CT molecular complexity index is 887. The number of aliphatic carboxylic acids is 1. The minimum Gasteiger partial charge on any atom is -0.486 e. The van der Waals surface area contributed by atoms with Crippen LogP contribution in [-0.4, -0.2) is 50.7 Å². The van der Waals surface area contributed by atoms with Gasteiger partial charge in [-0.1, -0.05) is 5.21 Å². The van der Waals surface area contributed by atoms with Gasteiger partial charge in [-0.2, -0.15) is 0 Å². The predicted molar refractivity (Wildman–Crippen MR) is 88.8 cm³/mol. The van der Waals surface area contributed by atoms with Crippen molar-refractivity contribution in [3.8, 4) is 17.2 Å². The molecule has 2 aliphatic rings. The van der Waals surface area contributed by atoms with E-state index in [1.54, 1.807) is 25.1 Å². The van der Waals surface area contributed by atoms with Crippen LogP contribution in [0.1, 0.15) is 35.4 Å². The molecule has 0 bridgehead atoms. The maximum absolute atomic E-state index is 12.5. The van der Waals surface area contributed by atoms with Gasteiger partial charge >= 0.3 is 5.97 Å². The van der Waals surface area contributed by atoms with Crippen LogP contribution in [-0.2, 0) is 4.79 Å². The van der Waals surface area contributed by atoms with E-state index in [9.17, 15) is 14.7 Å². The number of carboxylic acids is 1. The van der Waals surface area contributed by atoms with Crippen LogP contribution in [0.4, 0.5) is 0 Å². The monoisotopic (exact) mass is 358 g/mol. The summed E-state index contributed by atoms with van der Waals surface area (Å²) >= 11 is 0. The van der Waals surface area contributed by atoms with Gasteiger partial charge in [0, 0.05) is 6.07 Å². The van der Waals surface area contributed by atoms with Crippen molar-refractivity contribution in [2.75, 3.05) is 13.2 Å². The Balaban J connectivity index is 1.60. The van der Waals surface area contributed by atoms with Crippen molar-refractivity contribution in [3.05, 3.63) is 29.6 Å². The minimum absolute atomic E-state index is 0.104. The molecule has 2 heterocycles. The highest BCUT2D eigenvalue weighted by atomic mass is 16.6. The van der Waals surface area contributed by atoms with Crippen molar-refractivity contribution >= 4 is 11.9 Å². The zero-order chi connectivity index (χ0) is 18.3. The van der Waals surface area contributed by atoms with Crippen LogP contribution in [0, 0.1) is 6.92 Å². The molecule has 1 aromatic carbocycles. The molecule has 1 aliphatic heterocycles. The van der Waals surface area contributed by atoms with Gasteiger partial charge in [0.2, 0.25) is 0 Å². The average molecular weight is 358 g/mol. The summed E-state index contributed by atoms with van der Waals surface area (Å²) in [5, 5.41) is 19.9. The van der Waals surface area contributed by atoms with Crippen molar-refractivity contribution in [2.45, 2.75) is 31.7 Å². The fourth-order valence-corrected chi connectivity index (χ4v) is 3.15. The van der Waals surface area contributed by atoms with E-state index < -0.39 is 17.4 Å². The Kier molecular flexibility index (Phi) is 3.78. The number of fused-ring (bicyclic) bond motifs is 1. The second-order valence-corrected chi connectivity index (χ2v) is 6.46. The first-order chi connectivity index (χ1) is 12.5. The lowest BCUT2D eigenvalue weighted by molar-refractivity contribution is -0.148. The van der Waals surface area contributed by atoms with Crippen LogP contribution in [0.25, 0.3) is 5.69 Å². The van der Waals surface area contributed by atoms with Crippen molar-refractivity contribution < 1.29 is 24.2 Å². The van der Waals surface area contributed by atoms with Gasteiger partial charge in [-0.15, -0.1) is 5.10 Å². The Morgan fingerprint density at radius 1 is 1.23 bits per heavy atom. The summed E-state index contributed by atoms with van der Waals surface area (Å²) in [5.74, 6) is -0.291. The molecule has 4 rings (SSSR count). The number of hydrogen-bond donors (Lipinski definition) is 2. The lowest BCUT2D eigenvalue weighted by atomic mass is 9.76. The molecule has 9 heteroatoms. The van der Waals surface area contributed by atoms with Crippen LogP contribution in [0.5, 0.6) is 11.5 Å². The number of carbonyl (C=O) groups is 2. The molecule has 0 radical (unpaired) electrons. The van der Waals surface area contributed by atoms with E-state index in [0.29, 0.717) is 48.9 Å². The summed E-state index contributed by atoms with van der Waals surface area (Å²) in [4.78, 5) is 24.0. The van der Waals surface area contributed by atoms with Crippen molar-refractivity contribution in [3.63, 3.8) is 0 Å². The van der Waals surface area contributed by atoms with E-state index in [-0.39, 0.29) is 5.69 Å². The third-order valence-electron chi connectivity index (χ3n) is 4.85. The summed E-state index contributed by atoms with van der Waals surface area (Å²) < 4.78 is 12.6. The molecule has 2 aromatic rings. The SMILES string of the molecule is Cc1c(C(=O)NC2(C(=O)O)CCC2)nnn1-c1ccc2c(c1)OCCO2. The van der Waals surface area contributed by atoms with Crippen LogP contribution in [0.15, 0.2) is 18.2 Å². The number of hydrogen-bond acceptors (Lipinski definition) is 6. The van der Waals surface area contributed by atoms with E-state index in [2.05, 4.69) is 15.6 Å². The molecule has 0 unspecified atom stereocenters. The lowest BCUT2D eigenvalue weighted by Crippen LogP contribution is -2.59. The molecule has 136 valence electrons. The number of carbonyl (C=O) groups excluding carboxylic acids is 1. The van der Waals surface area contributed by atoms with Gasteiger partial charge in [-0.05, 0) is 38.3 Å². The van der Waals surface area contributed by atoms with Crippen LogP contribution >= 0.6 is 0 Å². The van der Waals surface area contributed by atoms with E-state index in [4.69, 9.17) is 9.47 Å². The molecule has 1 aromatic heterocycles. The summed E-state index contributed by atoms with van der Waals surface area (Å²) in [5.41, 5.74) is 0.103. The summed E-state index contributed by atoms with van der Waals surface area (Å²) in [7, 11) is 0. The Morgan fingerprint density at radius 3 is 2.62 bits per heavy atom. The number of aromatic nitrogens is 3. The van der Waals surface area contributed by atoms with E-state index >= 15 is 0 Å². The van der Waals surface area contributed by atoms with Gasteiger partial charge in [0.05, 0.1) is 11.4 Å². The van der Waals surface area contributed by atoms with Gasteiger partial charge < -0.3 is 19.9 Å². The molecule has 0 spiro atoms. The van der Waals surface area contributed by atoms with Gasteiger partial charge in [-0.3, -0.25) is 4.79 Å². The molecular formula is C17H18N4O5. The quantitative estimate of drug-likeness (QED) is 0.840. The first-order valence-electron chi connectivity index (χ1n) is 8.38. The fourth-order valence-electron chi connectivity index (χ4n) is 3.15. The molecule has 1 saturated carbocycles. The maximum Gasteiger partial charge on any atom is 0.329 e. The molecular weight excluding hydrogens is 340 g/mol. The van der Waals surface area contributed by atoms with E-state index in [1.165, 1.54) is 4.68 Å². The number of ether oxygens (including phenoxy) is 2. The van der Waals surface area contributed by atoms with Gasteiger partial charge in [-0.25, -0.2) is 9.48 Å². The molecule has 2 N–H and O–H groups in total. The number of nitrogens with one attached hydrogen (secondary N) is 1. The van der Waals surface area contributed by atoms with Gasteiger partial charge in [0.15, 0.2) is 17.2 Å². The first kappa shape index (κ1) is 16.4. The Hall–Kier alpha value is -3.10. The molecule has 26 heavy (non-hydrogen) atoms. The second-order valence-electron chi connectivity index (χ2n) is 6.46. The fraction of sp³-hybridized carbons (Fsp3) is 0.412. The summed E-state index contributed by atoms with van der Waals surface area (Å²) in [6, 6.07) is 5.34. The number of carboxylic acid groups (broad SMARTS) is 1. The largest absolute Gasteiger partial charge is 0.486 e. The second kappa shape index (κ2) is 6.01. The van der Waals surface area contributed by atoms with Gasteiger partial charge in [0.1, 0.15) is 18.8 Å². The van der Waals surface area contributed by atoms with Crippen LogP contribution < -0.4 is 14.8 Å². The van der Waals surface area contributed by atoms with E-state index in [1.807, 2.05) is 0 Å². The third-order valence-corrected chi connectivity index (χ3v) is 4.85. The molecule has 0 atom stereocenters. The van der Waals surface area contributed by atoms with Crippen molar-refractivity contribution in [1.29, 1.82) is 0 Å². The summed E-state index contributed by atoms with van der Waals surface area (Å²) in [6.07, 6.45) is 1.61.